The molecule has 1 unspecified atom stereocenters. The predicted octanol–water partition coefficient (Wildman–Crippen LogP) is 1.81. The molecule has 2 aromatic rings. The molecule has 0 aliphatic carbocycles. The number of aliphatic hydroxyl groups excluding tert-OH is 1. The van der Waals surface area contributed by atoms with E-state index in [0.29, 0.717) is 12.1 Å². The van der Waals surface area contributed by atoms with Crippen LogP contribution in [0.2, 0.25) is 0 Å². The van der Waals surface area contributed by atoms with Crippen molar-refractivity contribution >= 4 is 0 Å². The number of hydrogen-bond donors (Lipinski definition) is 1. The average Bonchev–Trinajstić information content (AvgIpc) is 2.39. The van der Waals surface area contributed by atoms with E-state index in [4.69, 9.17) is 0 Å². The topological polar surface area (TPSA) is 55.1 Å². The first-order valence-corrected chi connectivity index (χ1v) is 5.55. The van der Waals surface area contributed by atoms with Gasteiger partial charge in [0.1, 0.15) is 0 Å². The van der Waals surface area contributed by atoms with Gasteiger partial charge < -0.3 is 5.11 Å². The van der Waals surface area contributed by atoms with Gasteiger partial charge in [0, 0.05) is 11.6 Å². The van der Waals surface area contributed by atoms with Gasteiger partial charge in [-0.25, -0.2) is 4.68 Å². The van der Waals surface area contributed by atoms with E-state index in [1.54, 1.807) is 13.0 Å². The molecule has 4 heteroatoms. The van der Waals surface area contributed by atoms with Gasteiger partial charge in [0.2, 0.25) is 0 Å². The van der Waals surface area contributed by atoms with Gasteiger partial charge in [0.25, 0.3) is 5.56 Å². The fourth-order valence-electron chi connectivity index (χ4n) is 1.57. The first-order valence-electron chi connectivity index (χ1n) is 5.55. The quantitative estimate of drug-likeness (QED) is 0.874. The number of aliphatic hydroxyl groups is 1. The third kappa shape index (κ3) is 2.42. The molecule has 2 rings (SSSR count). The van der Waals surface area contributed by atoms with Gasteiger partial charge in [0.15, 0.2) is 6.23 Å². The van der Waals surface area contributed by atoms with Crippen LogP contribution in [-0.2, 0) is 0 Å². The Morgan fingerprint density at radius 1 is 1.24 bits per heavy atom. The van der Waals surface area contributed by atoms with Crippen molar-refractivity contribution in [2.75, 3.05) is 0 Å². The smallest absolute Gasteiger partial charge is 0.269 e. The van der Waals surface area contributed by atoms with Gasteiger partial charge in [-0.1, -0.05) is 37.3 Å². The zero-order chi connectivity index (χ0) is 12.3. The van der Waals surface area contributed by atoms with Crippen LogP contribution in [0.25, 0.3) is 11.3 Å². The van der Waals surface area contributed by atoms with Gasteiger partial charge in [-0.3, -0.25) is 4.79 Å². The Morgan fingerprint density at radius 2 is 1.94 bits per heavy atom. The summed E-state index contributed by atoms with van der Waals surface area (Å²) in [7, 11) is 0. The normalized spacial score (nSPS) is 12.4. The molecule has 4 nitrogen and oxygen atoms in total. The monoisotopic (exact) mass is 230 g/mol. The summed E-state index contributed by atoms with van der Waals surface area (Å²) >= 11 is 0. The highest BCUT2D eigenvalue weighted by Gasteiger charge is 2.08. The molecule has 1 aromatic heterocycles. The number of rotatable bonds is 3. The fraction of sp³-hybridized carbons (Fsp3) is 0.231. The first-order chi connectivity index (χ1) is 8.22. The molecular formula is C13H14N2O2. The summed E-state index contributed by atoms with van der Waals surface area (Å²) in [6.45, 7) is 1.80. The zero-order valence-corrected chi connectivity index (χ0v) is 9.58. The molecule has 1 aromatic carbocycles. The molecule has 0 saturated heterocycles. The Morgan fingerprint density at radius 3 is 2.59 bits per heavy atom. The van der Waals surface area contributed by atoms with Gasteiger partial charge >= 0.3 is 0 Å². The highest BCUT2D eigenvalue weighted by Crippen LogP contribution is 2.15. The molecule has 0 radical (unpaired) electrons. The molecule has 0 saturated carbocycles. The van der Waals surface area contributed by atoms with E-state index in [0.717, 1.165) is 10.2 Å². The van der Waals surface area contributed by atoms with Crippen LogP contribution in [0.1, 0.15) is 19.6 Å². The van der Waals surface area contributed by atoms with Crippen molar-refractivity contribution in [3.05, 3.63) is 52.8 Å². The van der Waals surface area contributed by atoms with Crippen molar-refractivity contribution < 1.29 is 5.11 Å². The second kappa shape index (κ2) is 4.93. The molecule has 88 valence electrons. The van der Waals surface area contributed by atoms with E-state index in [1.807, 2.05) is 30.3 Å². The lowest BCUT2D eigenvalue weighted by Gasteiger charge is -2.11. The SMILES string of the molecule is CCC(O)n1nc(-c2ccccc2)ccc1=O. The summed E-state index contributed by atoms with van der Waals surface area (Å²) in [5.74, 6) is 0. The van der Waals surface area contributed by atoms with Crippen molar-refractivity contribution in [3.63, 3.8) is 0 Å². The van der Waals surface area contributed by atoms with Crippen LogP contribution >= 0.6 is 0 Å². The Labute approximate surface area is 99.2 Å². The zero-order valence-electron chi connectivity index (χ0n) is 9.58. The van der Waals surface area contributed by atoms with E-state index in [-0.39, 0.29) is 5.56 Å². The summed E-state index contributed by atoms with van der Waals surface area (Å²) in [6.07, 6.45) is -0.420. The molecule has 0 bridgehead atoms. The highest BCUT2D eigenvalue weighted by atomic mass is 16.3. The molecule has 0 amide bonds. The molecule has 1 N–H and O–H groups in total. The molecule has 1 atom stereocenters. The maximum Gasteiger partial charge on any atom is 0.269 e. The number of hydrogen-bond acceptors (Lipinski definition) is 3. The van der Waals surface area contributed by atoms with Gasteiger partial charge in [-0.2, -0.15) is 5.10 Å². The van der Waals surface area contributed by atoms with Crippen LogP contribution in [0.4, 0.5) is 0 Å². The van der Waals surface area contributed by atoms with Crippen LogP contribution in [0.3, 0.4) is 0 Å². The van der Waals surface area contributed by atoms with E-state index < -0.39 is 6.23 Å². The number of aromatic nitrogens is 2. The summed E-state index contributed by atoms with van der Waals surface area (Å²) in [4.78, 5) is 11.5. The van der Waals surface area contributed by atoms with Gasteiger partial charge in [-0.05, 0) is 12.5 Å². The lowest BCUT2D eigenvalue weighted by Crippen LogP contribution is -2.26. The Kier molecular flexibility index (Phi) is 3.35. The molecule has 17 heavy (non-hydrogen) atoms. The summed E-state index contributed by atoms with van der Waals surface area (Å²) < 4.78 is 1.11. The second-order valence-corrected chi connectivity index (χ2v) is 3.76. The third-order valence-corrected chi connectivity index (χ3v) is 2.54. The Bertz CT molecular complexity index is 549. The van der Waals surface area contributed by atoms with Crippen molar-refractivity contribution in [1.29, 1.82) is 0 Å². The summed E-state index contributed by atoms with van der Waals surface area (Å²) in [5.41, 5.74) is 1.31. The maximum atomic E-state index is 11.5. The largest absolute Gasteiger partial charge is 0.372 e. The van der Waals surface area contributed by atoms with Crippen LogP contribution in [0.5, 0.6) is 0 Å². The van der Waals surface area contributed by atoms with Gasteiger partial charge in [-0.15, -0.1) is 0 Å². The third-order valence-electron chi connectivity index (χ3n) is 2.54. The number of nitrogens with zero attached hydrogens (tertiary/aromatic N) is 2. The average molecular weight is 230 g/mol. The summed E-state index contributed by atoms with van der Waals surface area (Å²) in [5, 5.41) is 13.8. The van der Waals surface area contributed by atoms with E-state index in [1.165, 1.54) is 6.07 Å². The summed E-state index contributed by atoms with van der Waals surface area (Å²) in [6, 6.07) is 12.6. The van der Waals surface area contributed by atoms with Crippen LogP contribution in [-0.4, -0.2) is 14.9 Å². The molecule has 0 fully saturated rings. The fourth-order valence-corrected chi connectivity index (χ4v) is 1.57. The van der Waals surface area contributed by atoms with Gasteiger partial charge in [0.05, 0.1) is 5.69 Å². The minimum Gasteiger partial charge on any atom is -0.372 e. The Balaban J connectivity index is 2.48. The maximum absolute atomic E-state index is 11.5. The minimum atomic E-state index is -0.869. The van der Waals surface area contributed by atoms with E-state index in [9.17, 15) is 9.90 Å². The first kappa shape index (κ1) is 11.5. The standard InChI is InChI=1S/C13H14N2O2/c1-2-12(16)15-13(17)9-8-11(14-15)10-6-4-3-5-7-10/h3-9,12,16H,2H2,1H3. The molecular weight excluding hydrogens is 216 g/mol. The van der Waals surface area contributed by atoms with Crippen LogP contribution in [0, 0.1) is 0 Å². The van der Waals surface area contributed by atoms with E-state index >= 15 is 0 Å². The van der Waals surface area contributed by atoms with E-state index in [2.05, 4.69) is 5.10 Å². The second-order valence-electron chi connectivity index (χ2n) is 3.76. The predicted molar refractivity (Wildman–Crippen MR) is 65.5 cm³/mol. The van der Waals surface area contributed by atoms with Crippen LogP contribution < -0.4 is 5.56 Å². The van der Waals surface area contributed by atoms with Crippen molar-refractivity contribution in [2.45, 2.75) is 19.6 Å². The Hall–Kier alpha value is -1.94. The lowest BCUT2D eigenvalue weighted by atomic mass is 10.1. The van der Waals surface area contributed by atoms with Crippen LogP contribution in [0.15, 0.2) is 47.3 Å². The van der Waals surface area contributed by atoms with Crippen molar-refractivity contribution in [3.8, 4) is 11.3 Å². The molecule has 0 aliphatic heterocycles. The van der Waals surface area contributed by atoms with Crippen molar-refractivity contribution in [1.82, 2.24) is 9.78 Å². The molecule has 0 aliphatic rings. The highest BCUT2D eigenvalue weighted by molar-refractivity contribution is 5.57. The lowest BCUT2D eigenvalue weighted by molar-refractivity contribution is 0.0817. The minimum absolute atomic E-state index is 0.293. The molecule has 1 heterocycles. The number of benzene rings is 1. The van der Waals surface area contributed by atoms with Crippen molar-refractivity contribution in [2.24, 2.45) is 0 Å². The molecule has 0 spiro atoms.